The van der Waals surface area contributed by atoms with Crippen molar-refractivity contribution in [3.05, 3.63) is 59.7 Å². The van der Waals surface area contributed by atoms with Gasteiger partial charge < -0.3 is 24.8 Å². The topological polar surface area (TPSA) is 113 Å². The average molecular weight is 360 g/mol. The average Bonchev–Trinajstić information content (AvgIpc) is 2.64. The molecular weight excluding hydrogens is 340 g/mol. The Labute approximate surface area is 150 Å². The van der Waals surface area contributed by atoms with Gasteiger partial charge in [-0.3, -0.25) is 4.79 Å². The van der Waals surface area contributed by atoms with E-state index in [9.17, 15) is 14.7 Å². The maximum Gasteiger partial charge on any atom is 0.333 e. The lowest BCUT2D eigenvalue weighted by Crippen LogP contribution is -2.36. The first-order chi connectivity index (χ1) is 12.4. The van der Waals surface area contributed by atoms with E-state index >= 15 is 0 Å². The second kappa shape index (κ2) is 8.87. The Morgan fingerprint density at radius 1 is 0.962 bits per heavy atom. The van der Waals surface area contributed by atoms with Gasteiger partial charge in [0.2, 0.25) is 0 Å². The summed E-state index contributed by atoms with van der Waals surface area (Å²) in [6, 6.07) is 14.4. The molecule has 0 heterocycles. The molecule has 0 amide bonds. The molecule has 0 radical (unpaired) electrons. The molecule has 0 saturated carbocycles. The Morgan fingerprint density at radius 2 is 1.65 bits per heavy atom. The van der Waals surface area contributed by atoms with E-state index in [4.69, 9.17) is 19.7 Å². The maximum atomic E-state index is 11.3. The quantitative estimate of drug-likeness (QED) is 0.626. The van der Waals surface area contributed by atoms with E-state index in [1.165, 1.54) is 7.11 Å². The van der Waals surface area contributed by atoms with E-state index < -0.39 is 24.0 Å². The second-order valence-corrected chi connectivity index (χ2v) is 5.69. The lowest BCUT2D eigenvalue weighted by Gasteiger charge is -2.17. The third kappa shape index (κ3) is 4.97. The highest BCUT2D eigenvalue weighted by Gasteiger charge is 2.32. The molecule has 7 heteroatoms. The number of carbonyl (C=O) groups is 2. The number of aliphatic hydroxyl groups excluding tert-OH is 1. The van der Waals surface area contributed by atoms with Gasteiger partial charge in [-0.05, 0) is 29.7 Å². The van der Waals surface area contributed by atoms with Gasteiger partial charge >= 0.3 is 11.9 Å². The zero-order valence-corrected chi connectivity index (χ0v) is 14.2. The summed E-state index contributed by atoms with van der Waals surface area (Å²) < 4.78 is 11.0. The Kier molecular flexibility index (Phi) is 6.57. The number of hydrogen-bond donors (Lipinski definition) is 3. The fraction of sp³-hybridized carbons (Fsp3) is 0.263. The van der Waals surface area contributed by atoms with Crippen molar-refractivity contribution in [1.82, 2.24) is 0 Å². The van der Waals surface area contributed by atoms with Crippen molar-refractivity contribution in [2.45, 2.75) is 19.1 Å². The van der Waals surface area contributed by atoms with Crippen LogP contribution in [-0.2, 0) is 22.6 Å². The van der Waals surface area contributed by atoms with Crippen LogP contribution in [0.5, 0.6) is 11.5 Å². The Bertz CT molecular complexity index is 758. The number of rotatable bonds is 9. The Balaban J connectivity index is 2.14. The van der Waals surface area contributed by atoms with Crippen molar-refractivity contribution in [2.24, 2.45) is 5.92 Å². The summed E-state index contributed by atoms with van der Waals surface area (Å²) in [6.07, 6.45) is -2.15. The highest BCUT2D eigenvalue weighted by atomic mass is 16.5. The van der Waals surface area contributed by atoms with Crippen molar-refractivity contribution < 1.29 is 34.4 Å². The third-order valence-corrected chi connectivity index (χ3v) is 3.87. The molecule has 0 aliphatic rings. The number of carboxylic acid groups (broad SMARTS) is 2. The first-order valence-electron chi connectivity index (χ1n) is 7.89. The number of aliphatic carboxylic acids is 2. The standard InChI is InChI=1S/C19H20O7/c1-25-16-10-13(9-14(18(21)22)17(20)19(23)24)7-8-15(16)26-11-12-5-3-2-4-6-12/h2-8,10,14,17,20H,9,11H2,1H3,(H,21,22)(H,23,24)/t14-,17+/m1/s1. The lowest BCUT2D eigenvalue weighted by molar-refractivity contribution is -0.159. The SMILES string of the molecule is COc1cc(C[C@@H](C(=O)O)[C@H](O)C(=O)O)ccc1OCc1ccccc1. The molecule has 2 atom stereocenters. The number of aliphatic hydroxyl groups is 1. The van der Waals surface area contributed by atoms with Gasteiger partial charge in [0, 0.05) is 0 Å². The number of carboxylic acids is 2. The van der Waals surface area contributed by atoms with E-state index in [0.717, 1.165) is 5.56 Å². The summed E-state index contributed by atoms with van der Waals surface area (Å²) in [6.45, 7) is 0.339. The Hall–Kier alpha value is -3.06. The van der Waals surface area contributed by atoms with Gasteiger partial charge in [0.05, 0.1) is 13.0 Å². The molecular formula is C19H20O7. The normalized spacial score (nSPS) is 12.8. The molecule has 2 aromatic rings. The summed E-state index contributed by atoms with van der Waals surface area (Å²) in [5.74, 6) is -3.55. The molecule has 3 N–H and O–H groups in total. The summed E-state index contributed by atoms with van der Waals surface area (Å²) in [5, 5.41) is 27.6. The molecule has 0 unspecified atom stereocenters. The van der Waals surface area contributed by atoms with Crippen LogP contribution in [0.15, 0.2) is 48.5 Å². The first-order valence-corrected chi connectivity index (χ1v) is 7.89. The summed E-state index contributed by atoms with van der Waals surface area (Å²) in [5.41, 5.74) is 1.50. The van der Waals surface area contributed by atoms with Gasteiger partial charge in [-0.15, -0.1) is 0 Å². The highest BCUT2D eigenvalue weighted by molar-refractivity contribution is 5.81. The van der Waals surface area contributed by atoms with E-state index in [0.29, 0.717) is 23.7 Å². The van der Waals surface area contributed by atoms with Gasteiger partial charge in [-0.25, -0.2) is 4.79 Å². The monoisotopic (exact) mass is 360 g/mol. The molecule has 0 fully saturated rings. The predicted molar refractivity (Wildman–Crippen MR) is 92.2 cm³/mol. The van der Waals surface area contributed by atoms with Crippen LogP contribution in [0, 0.1) is 5.92 Å². The van der Waals surface area contributed by atoms with Crippen LogP contribution in [0.25, 0.3) is 0 Å². The van der Waals surface area contributed by atoms with E-state index in [1.807, 2.05) is 30.3 Å². The van der Waals surface area contributed by atoms with Gasteiger partial charge in [0.25, 0.3) is 0 Å². The molecule has 0 bridgehead atoms. The molecule has 0 aromatic heterocycles. The van der Waals surface area contributed by atoms with Crippen molar-refractivity contribution in [3.8, 4) is 11.5 Å². The van der Waals surface area contributed by atoms with Crippen LogP contribution in [0.2, 0.25) is 0 Å². The minimum absolute atomic E-state index is 0.155. The van der Waals surface area contributed by atoms with Gasteiger partial charge in [-0.2, -0.15) is 0 Å². The Morgan fingerprint density at radius 3 is 2.23 bits per heavy atom. The van der Waals surface area contributed by atoms with Crippen molar-refractivity contribution >= 4 is 11.9 Å². The minimum atomic E-state index is -1.99. The largest absolute Gasteiger partial charge is 0.493 e. The first kappa shape index (κ1) is 19.3. The molecule has 7 nitrogen and oxygen atoms in total. The van der Waals surface area contributed by atoms with Crippen molar-refractivity contribution in [3.63, 3.8) is 0 Å². The predicted octanol–water partition coefficient (Wildman–Crippen LogP) is 1.96. The molecule has 2 aromatic carbocycles. The van der Waals surface area contributed by atoms with Crippen LogP contribution in [-0.4, -0.2) is 40.5 Å². The number of hydrogen-bond acceptors (Lipinski definition) is 5. The van der Waals surface area contributed by atoms with Crippen LogP contribution < -0.4 is 9.47 Å². The van der Waals surface area contributed by atoms with Crippen LogP contribution in [0.1, 0.15) is 11.1 Å². The molecule has 138 valence electrons. The summed E-state index contributed by atoms with van der Waals surface area (Å²) in [4.78, 5) is 22.1. The minimum Gasteiger partial charge on any atom is -0.493 e. The third-order valence-electron chi connectivity index (χ3n) is 3.87. The van der Waals surface area contributed by atoms with Crippen LogP contribution in [0.4, 0.5) is 0 Å². The van der Waals surface area contributed by atoms with E-state index in [1.54, 1.807) is 18.2 Å². The highest BCUT2D eigenvalue weighted by Crippen LogP contribution is 2.30. The maximum absolute atomic E-state index is 11.3. The van der Waals surface area contributed by atoms with E-state index in [2.05, 4.69) is 0 Å². The van der Waals surface area contributed by atoms with Gasteiger partial charge in [0.15, 0.2) is 17.6 Å². The van der Waals surface area contributed by atoms with Gasteiger partial charge in [-0.1, -0.05) is 36.4 Å². The molecule has 0 saturated heterocycles. The van der Waals surface area contributed by atoms with Crippen molar-refractivity contribution in [1.29, 1.82) is 0 Å². The van der Waals surface area contributed by atoms with Crippen LogP contribution >= 0.6 is 0 Å². The van der Waals surface area contributed by atoms with E-state index in [-0.39, 0.29) is 6.42 Å². The zero-order valence-electron chi connectivity index (χ0n) is 14.2. The van der Waals surface area contributed by atoms with Crippen molar-refractivity contribution in [2.75, 3.05) is 7.11 Å². The molecule has 2 rings (SSSR count). The fourth-order valence-electron chi connectivity index (χ4n) is 2.45. The molecule has 0 spiro atoms. The smallest absolute Gasteiger partial charge is 0.333 e. The molecule has 0 aliphatic carbocycles. The number of methoxy groups -OCH3 is 1. The second-order valence-electron chi connectivity index (χ2n) is 5.69. The number of ether oxygens (including phenoxy) is 2. The molecule has 0 aliphatic heterocycles. The fourth-order valence-corrected chi connectivity index (χ4v) is 2.45. The van der Waals surface area contributed by atoms with Crippen LogP contribution in [0.3, 0.4) is 0 Å². The molecule has 26 heavy (non-hydrogen) atoms. The number of benzene rings is 2. The lowest BCUT2D eigenvalue weighted by atomic mass is 9.94. The van der Waals surface area contributed by atoms with Gasteiger partial charge in [0.1, 0.15) is 6.61 Å². The summed E-state index contributed by atoms with van der Waals surface area (Å²) >= 11 is 0. The zero-order chi connectivity index (χ0) is 19.1. The summed E-state index contributed by atoms with van der Waals surface area (Å²) in [7, 11) is 1.45.